The largest absolute Gasteiger partial charge is 0.477 e. The summed E-state index contributed by atoms with van der Waals surface area (Å²) in [5, 5.41) is 9.11. The third-order valence-corrected chi connectivity index (χ3v) is 3.09. The summed E-state index contributed by atoms with van der Waals surface area (Å²) in [6.07, 6.45) is 0. The third-order valence-electron chi connectivity index (χ3n) is 1.73. The lowest BCUT2D eigenvalue weighted by Crippen LogP contribution is -1.97. The number of fused-ring (bicyclic) bond motifs is 1. The first-order chi connectivity index (χ1) is 6.59. The maximum Gasteiger partial charge on any atom is 0.348 e. The molecule has 0 unspecified atom stereocenters. The van der Waals surface area contributed by atoms with Gasteiger partial charge in [0.05, 0.1) is 10.4 Å². The van der Waals surface area contributed by atoms with E-state index in [1.54, 1.807) is 12.1 Å². The summed E-state index contributed by atoms with van der Waals surface area (Å²) < 4.78 is 0.726. The molecule has 0 bridgehead atoms. The molecule has 0 aliphatic carbocycles. The van der Waals surface area contributed by atoms with Gasteiger partial charge in [-0.25, -0.2) is 9.78 Å². The van der Waals surface area contributed by atoms with E-state index in [4.69, 9.17) is 22.4 Å². The Bertz CT molecular complexity index is 523. The molecule has 3 N–H and O–H groups in total. The molecule has 2 heterocycles. The fourth-order valence-electron chi connectivity index (χ4n) is 1.13. The van der Waals surface area contributed by atoms with Crippen molar-refractivity contribution in [3.05, 3.63) is 22.2 Å². The molecule has 4 nitrogen and oxygen atoms in total. The van der Waals surface area contributed by atoms with Crippen molar-refractivity contribution in [1.82, 2.24) is 4.98 Å². The number of carboxylic acids is 1. The molecule has 0 amide bonds. The van der Waals surface area contributed by atoms with Crippen LogP contribution in [0, 0.1) is 0 Å². The Hall–Kier alpha value is -1.33. The van der Waals surface area contributed by atoms with Crippen LogP contribution in [-0.4, -0.2) is 16.1 Å². The van der Waals surface area contributed by atoms with Crippen molar-refractivity contribution in [2.75, 3.05) is 5.73 Å². The van der Waals surface area contributed by atoms with Gasteiger partial charge in [-0.1, -0.05) is 11.6 Å². The van der Waals surface area contributed by atoms with Gasteiger partial charge < -0.3 is 10.8 Å². The lowest BCUT2D eigenvalue weighted by atomic mass is 10.3. The number of nitrogens with two attached hydrogens (primary N) is 1. The minimum absolute atomic E-state index is 0.106. The number of nitrogen functional groups attached to an aromatic ring is 1. The highest BCUT2D eigenvalue weighted by atomic mass is 35.5. The van der Waals surface area contributed by atoms with Crippen LogP contribution in [0.5, 0.6) is 0 Å². The first-order valence-electron chi connectivity index (χ1n) is 3.67. The average molecular weight is 229 g/mol. The van der Waals surface area contributed by atoms with Gasteiger partial charge in [0.25, 0.3) is 0 Å². The molecule has 0 spiro atoms. The highest BCUT2D eigenvalue weighted by Crippen LogP contribution is 2.32. The molecule has 0 saturated carbocycles. The standard InChI is InChI=1S/C8H5ClN2O2S/c9-4-2-1-3-6(11-4)5(10)7(14-3)8(12)13/h1-2H,10H2,(H,12,13). The smallest absolute Gasteiger partial charge is 0.348 e. The summed E-state index contributed by atoms with van der Waals surface area (Å²) in [6.45, 7) is 0. The van der Waals surface area contributed by atoms with Gasteiger partial charge in [-0.3, -0.25) is 0 Å². The molecule has 0 aromatic carbocycles. The van der Waals surface area contributed by atoms with E-state index in [0.717, 1.165) is 16.0 Å². The van der Waals surface area contributed by atoms with E-state index in [9.17, 15) is 4.79 Å². The maximum atomic E-state index is 10.7. The molecule has 0 aliphatic rings. The summed E-state index contributed by atoms with van der Waals surface area (Å²) >= 11 is 6.77. The predicted molar refractivity (Wildman–Crippen MR) is 56.0 cm³/mol. The summed E-state index contributed by atoms with van der Waals surface area (Å²) in [5.41, 5.74) is 6.26. The van der Waals surface area contributed by atoms with Gasteiger partial charge in [0.1, 0.15) is 15.5 Å². The Kier molecular flexibility index (Phi) is 2.05. The number of carboxylic acid groups (broad SMARTS) is 1. The number of rotatable bonds is 1. The van der Waals surface area contributed by atoms with Gasteiger partial charge >= 0.3 is 5.97 Å². The van der Waals surface area contributed by atoms with Crippen molar-refractivity contribution in [2.24, 2.45) is 0 Å². The molecule has 0 fully saturated rings. The van der Waals surface area contributed by atoms with Crippen molar-refractivity contribution in [3.63, 3.8) is 0 Å². The molecular weight excluding hydrogens is 224 g/mol. The molecule has 14 heavy (non-hydrogen) atoms. The van der Waals surface area contributed by atoms with Crippen LogP contribution in [-0.2, 0) is 0 Å². The highest BCUT2D eigenvalue weighted by Gasteiger charge is 2.16. The van der Waals surface area contributed by atoms with Gasteiger partial charge in [0, 0.05) is 0 Å². The molecule has 0 radical (unpaired) electrons. The van der Waals surface area contributed by atoms with E-state index in [0.29, 0.717) is 10.7 Å². The van der Waals surface area contributed by atoms with Crippen LogP contribution in [0.15, 0.2) is 12.1 Å². The Labute approximate surface area is 87.9 Å². The van der Waals surface area contributed by atoms with Crippen molar-refractivity contribution >= 4 is 44.8 Å². The summed E-state index contributed by atoms with van der Waals surface area (Å²) in [7, 11) is 0. The number of thiophene rings is 1. The van der Waals surface area contributed by atoms with Crippen molar-refractivity contribution in [2.45, 2.75) is 0 Å². The number of carbonyl (C=O) groups is 1. The normalized spacial score (nSPS) is 10.6. The zero-order valence-electron chi connectivity index (χ0n) is 6.82. The third kappa shape index (κ3) is 1.30. The van der Waals surface area contributed by atoms with Crippen LogP contribution in [0.1, 0.15) is 9.67 Å². The molecule has 2 aromatic rings. The summed E-state index contributed by atoms with van der Waals surface area (Å²) in [5.74, 6) is -1.04. The second-order valence-electron chi connectivity index (χ2n) is 2.63. The fraction of sp³-hybridized carbons (Fsp3) is 0. The van der Waals surface area contributed by atoms with E-state index in [1.165, 1.54) is 0 Å². The number of nitrogens with zero attached hydrogens (tertiary/aromatic N) is 1. The van der Waals surface area contributed by atoms with E-state index in [-0.39, 0.29) is 10.6 Å². The first kappa shape index (κ1) is 9.23. The molecule has 2 aromatic heterocycles. The van der Waals surface area contributed by atoms with Crippen LogP contribution in [0.25, 0.3) is 10.2 Å². The zero-order valence-corrected chi connectivity index (χ0v) is 8.39. The second kappa shape index (κ2) is 3.11. The average Bonchev–Trinajstić information content (AvgIpc) is 2.44. The number of halogens is 1. The molecule has 2 rings (SSSR count). The molecule has 0 saturated heterocycles. The van der Waals surface area contributed by atoms with E-state index >= 15 is 0 Å². The van der Waals surface area contributed by atoms with Crippen molar-refractivity contribution in [1.29, 1.82) is 0 Å². The number of pyridine rings is 1. The molecule has 72 valence electrons. The second-order valence-corrected chi connectivity index (χ2v) is 4.07. The lowest BCUT2D eigenvalue weighted by Gasteiger charge is -1.92. The van der Waals surface area contributed by atoms with Gasteiger partial charge in [0.2, 0.25) is 0 Å². The molecule has 0 atom stereocenters. The quantitative estimate of drug-likeness (QED) is 0.734. The first-order valence-corrected chi connectivity index (χ1v) is 4.87. The van der Waals surface area contributed by atoms with Crippen molar-refractivity contribution in [3.8, 4) is 0 Å². The zero-order chi connectivity index (χ0) is 10.3. The monoisotopic (exact) mass is 228 g/mol. The number of aromatic carboxylic acids is 1. The fourth-order valence-corrected chi connectivity index (χ4v) is 2.18. The van der Waals surface area contributed by atoms with Crippen LogP contribution in [0.3, 0.4) is 0 Å². The maximum absolute atomic E-state index is 10.7. The Balaban J connectivity index is 2.80. The van der Waals surface area contributed by atoms with E-state index < -0.39 is 5.97 Å². The minimum Gasteiger partial charge on any atom is -0.477 e. The Morgan fingerprint density at radius 1 is 1.57 bits per heavy atom. The van der Waals surface area contributed by atoms with Crippen LogP contribution >= 0.6 is 22.9 Å². The molecule has 6 heteroatoms. The minimum atomic E-state index is -1.04. The lowest BCUT2D eigenvalue weighted by molar-refractivity contribution is 0.0703. The van der Waals surface area contributed by atoms with Gasteiger partial charge in [-0.2, -0.15) is 0 Å². The van der Waals surface area contributed by atoms with E-state index in [1.807, 2.05) is 0 Å². The van der Waals surface area contributed by atoms with Gasteiger partial charge in [-0.05, 0) is 12.1 Å². The number of aromatic nitrogens is 1. The topological polar surface area (TPSA) is 76.2 Å². The predicted octanol–water partition coefficient (Wildman–Crippen LogP) is 2.23. The molecular formula is C8H5ClN2O2S. The highest BCUT2D eigenvalue weighted by molar-refractivity contribution is 7.21. The number of hydrogen-bond donors (Lipinski definition) is 2. The van der Waals surface area contributed by atoms with Gasteiger partial charge in [0.15, 0.2) is 0 Å². The summed E-state index contributed by atoms with van der Waals surface area (Å²) in [6, 6.07) is 3.31. The number of anilines is 1. The van der Waals surface area contributed by atoms with Crippen LogP contribution in [0.2, 0.25) is 5.15 Å². The Morgan fingerprint density at radius 3 is 2.93 bits per heavy atom. The SMILES string of the molecule is Nc1c(C(=O)O)sc2ccc(Cl)nc12. The van der Waals surface area contributed by atoms with Crippen molar-refractivity contribution < 1.29 is 9.90 Å². The molecule has 0 aliphatic heterocycles. The van der Waals surface area contributed by atoms with Crippen LogP contribution in [0.4, 0.5) is 5.69 Å². The van der Waals surface area contributed by atoms with E-state index in [2.05, 4.69) is 4.98 Å². The number of hydrogen-bond acceptors (Lipinski definition) is 4. The Morgan fingerprint density at radius 2 is 2.29 bits per heavy atom. The summed E-state index contributed by atoms with van der Waals surface area (Å²) in [4.78, 5) is 14.8. The van der Waals surface area contributed by atoms with Crippen LogP contribution < -0.4 is 5.73 Å². The van der Waals surface area contributed by atoms with Gasteiger partial charge in [-0.15, -0.1) is 11.3 Å².